The highest BCUT2D eigenvalue weighted by Gasteiger charge is 2.18. The van der Waals surface area contributed by atoms with Crippen LogP contribution in [0.15, 0.2) is 23.4 Å². The van der Waals surface area contributed by atoms with Crippen molar-refractivity contribution < 1.29 is 10.3 Å². The maximum absolute atomic E-state index is 9.48. The van der Waals surface area contributed by atoms with Crippen LogP contribution in [0.25, 0.3) is 0 Å². The first-order chi connectivity index (χ1) is 8.70. The molecule has 5 nitrogen and oxygen atoms in total. The van der Waals surface area contributed by atoms with Crippen LogP contribution in [0.5, 0.6) is 0 Å². The van der Waals surface area contributed by atoms with E-state index in [0.29, 0.717) is 5.02 Å². The topological polar surface area (TPSA) is 68.1 Å². The Morgan fingerprint density at radius 2 is 2.11 bits per heavy atom. The SMILES string of the molecule is O/N=C/Nc1ccc(N2CCC(O)CC2)c(Cl)c1. The molecule has 0 aromatic heterocycles. The Labute approximate surface area is 111 Å². The Bertz CT molecular complexity index is 431. The molecule has 0 unspecified atom stereocenters. The number of oxime groups is 1. The highest BCUT2D eigenvalue weighted by Crippen LogP contribution is 2.30. The number of nitrogens with zero attached hydrogens (tertiary/aromatic N) is 2. The maximum atomic E-state index is 9.48. The van der Waals surface area contributed by atoms with Crippen molar-refractivity contribution in [3.05, 3.63) is 23.2 Å². The number of aliphatic hydroxyl groups is 1. The molecule has 0 atom stereocenters. The van der Waals surface area contributed by atoms with Crippen molar-refractivity contribution >= 4 is 29.3 Å². The minimum Gasteiger partial charge on any atom is -0.410 e. The average Bonchev–Trinajstić information content (AvgIpc) is 2.38. The van der Waals surface area contributed by atoms with E-state index in [-0.39, 0.29) is 6.10 Å². The van der Waals surface area contributed by atoms with Gasteiger partial charge < -0.3 is 20.5 Å². The molecule has 0 amide bonds. The van der Waals surface area contributed by atoms with Gasteiger partial charge in [0.2, 0.25) is 0 Å². The summed E-state index contributed by atoms with van der Waals surface area (Å²) in [5, 5.41) is 24.1. The van der Waals surface area contributed by atoms with Crippen LogP contribution in [0.2, 0.25) is 5.02 Å². The summed E-state index contributed by atoms with van der Waals surface area (Å²) < 4.78 is 0. The van der Waals surface area contributed by atoms with Gasteiger partial charge in [-0.05, 0) is 31.0 Å². The first kappa shape index (κ1) is 13.0. The zero-order chi connectivity index (χ0) is 13.0. The predicted octanol–water partition coefficient (Wildman–Crippen LogP) is 2.13. The lowest BCUT2D eigenvalue weighted by molar-refractivity contribution is 0.145. The summed E-state index contributed by atoms with van der Waals surface area (Å²) >= 11 is 6.23. The summed E-state index contributed by atoms with van der Waals surface area (Å²) in [6.45, 7) is 1.62. The van der Waals surface area contributed by atoms with Gasteiger partial charge in [0.1, 0.15) is 6.34 Å². The third-order valence-electron chi connectivity index (χ3n) is 3.04. The van der Waals surface area contributed by atoms with Gasteiger partial charge in [0, 0.05) is 18.8 Å². The van der Waals surface area contributed by atoms with Crippen molar-refractivity contribution in [2.45, 2.75) is 18.9 Å². The molecule has 18 heavy (non-hydrogen) atoms. The summed E-state index contributed by atoms with van der Waals surface area (Å²) in [7, 11) is 0. The Hall–Kier alpha value is -1.46. The lowest BCUT2D eigenvalue weighted by atomic mass is 10.1. The van der Waals surface area contributed by atoms with Crippen LogP contribution in [0.3, 0.4) is 0 Å². The van der Waals surface area contributed by atoms with Crippen LogP contribution >= 0.6 is 11.6 Å². The van der Waals surface area contributed by atoms with Crippen molar-refractivity contribution in [1.29, 1.82) is 0 Å². The molecule has 1 aliphatic heterocycles. The second-order valence-electron chi connectivity index (χ2n) is 4.27. The number of hydrogen-bond donors (Lipinski definition) is 3. The number of nitrogens with one attached hydrogen (secondary N) is 1. The fourth-order valence-electron chi connectivity index (χ4n) is 2.06. The Morgan fingerprint density at radius 3 is 2.72 bits per heavy atom. The first-order valence-corrected chi connectivity index (χ1v) is 6.23. The number of piperidine rings is 1. The summed E-state index contributed by atoms with van der Waals surface area (Å²) in [6, 6.07) is 5.57. The molecule has 0 aliphatic carbocycles. The van der Waals surface area contributed by atoms with E-state index in [9.17, 15) is 5.11 Å². The van der Waals surface area contributed by atoms with Gasteiger partial charge in [-0.25, -0.2) is 0 Å². The number of halogens is 1. The molecule has 0 radical (unpaired) electrons. The average molecular weight is 270 g/mol. The minimum absolute atomic E-state index is 0.193. The van der Waals surface area contributed by atoms with Crippen molar-refractivity contribution in [3.8, 4) is 0 Å². The van der Waals surface area contributed by atoms with E-state index in [2.05, 4.69) is 15.4 Å². The van der Waals surface area contributed by atoms with Crippen LogP contribution in [-0.4, -0.2) is 35.8 Å². The molecule has 0 saturated carbocycles. The molecule has 0 spiro atoms. The number of aliphatic hydroxyl groups excluding tert-OH is 1. The number of anilines is 2. The number of rotatable bonds is 3. The summed E-state index contributed by atoms with van der Waals surface area (Å²) in [5.41, 5.74) is 1.73. The highest BCUT2D eigenvalue weighted by molar-refractivity contribution is 6.33. The molecule has 3 N–H and O–H groups in total. The van der Waals surface area contributed by atoms with E-state index < -0.39 is 0 Å². The zero-order valence-corrected chi connectivity index (χ0v) is 10.6. The van der Waals surface area contributed by atoms with Crippen molar-refractivity contribution in [3.63, 3.8) is 0 Å². The molecular weight excluding hydrogens is 254 g/mol. The molecule has 1 fully saturated rings. The van der Waals surface area contributed by atoms with E-state index in [4.69, 9.17) is 16.8 Å². The van der Waals surface area contributed by atoms with Gasteiger partial charge in [-0.3, -0.25) is 0 Å². The lowest BCUT2D eigenvalue weighted by Gasteiger charge is -2.32. The minimum atomic E-state index is -0.193. The predicted molar refractivity (Wildman–Crippen MR) is 72.8 cm³/mol. The fourth-order valence-corrected chi connectivity index (χ4v) is 2.36. The molecule has 1 aromatic carbocycles. The fraction of sp³-hybridized carbons (Fsp3) is 0.417. The largest absolute Gasteiger partial charge is 0.410 e. The second kappa shape index (κ2) is 5.93. The third-order valence-corrected chi connectivity index (χ3v) is 3.34. The Balaban J connectivity index is 2.09. The molecule has 0 bridgehead atoms. The third kappa shape index (κ3) is 3.05. The molecular formula is C12H16ClN3O2. The second-order valence-corrected chi connectivity index (χ2v) is 4.68. The van der Waals surface area contributed by atoms with Gasteiger partial charge in [0.05, 0.1) is 16.8 Å². The van der Waals surface area contributed by atoms with E-state index in [1.54, 1.807) is 6.07 Å². The van der Waals surface area contributed by atoms with E-state index in [0.717, 1.165) is 37.3 Å². The van der Waals surface area contributed by atoms with Gasteiger partial charge in [-0.2, -0.15) is 0 Å². The first-order valence-electron chi connectivity index (χ1n) is 5.85. The molecule has 1 saturated heterocycles. The Morgan fingerprint density at radius 1 is 1.39 bits per heavy atom. The van der Waals surface area contributed by atoms with E-state index in [1.165, 1.54) is 6.34 Å². The number of hydrogen-bond acceptors (Lipinski definition) is 4. The van der Waals surface area contributed by atoms with Gasteiger partial charge >= 0.3 is 0 Å². The molecule has 1 aliphatic rings. The molecule has 2 rings (SSSR count). The van der Waals surface area contributed by atoms with Crippen molar-refractivity contribution in [2.24, 2.45) is 5.16 Å². The van der Waals surface area contributed by atoms with E-state index in [1.807, 2.05) is 12.1 Å². The lowest BCUT2D eigenvalue weighted by Crippen LogP contribution is -2.35. The monoisotopic (exact) mass is 269 g/mol. The van der Waals surface area contributed by atoms with Crippen molar-refractivity contribution in [2.75, 3.05) is 23.3 Å². The summed E-state index contributed by atoms with van der Waals surface area (Å²) in [6.07, 6.45) is 2.53. The van der Waals surface area contributed by atoms with Crippen LogP contribution in [0.1, 0.15) is 12.8 Å². The smallest absolute Gasteiger partial charge is 0.132 e. The molecule has 1 heterocycles. The van der Waals surface area contributed by atoms with Crippen LogP contribution in [-0.2, 0) is 0 Å². The van der Waals surface area contributed by atoms with Crippen LogP contribution in [0, 0.1) is 0 Å². The zero-order valence-electron chi connectivity index (χ0n) is 9.88. The quantitative estimate of drug-likeness (QED) is 0.340. The standard InChI is InChI=1S/C12H16ClN3O2/c13-11-7-9(14-8-15-18)1-2-12(11)16-5-3-10(17)4-6-16/h1-2,7-8,10,17-18H,3-6H2,(H,14,15). The molecule has 98 valence electrons. The van der Waals surface area contributed by atoms with Gasteiger partial charge in [0.25, 0.3) is 0 Å². The maximum Gasteiger partial charge on any atom is 0.132 e. The van der Waals surface area contributed by atoms with Gasteiger partial charge in [0.15, 0.2) is 0 Å². The molecule has 6 heteroatoms. The highest BCUT2D eigenvalue weighted by atomic mass is 35.5. The summed E-state index contributed by atoms with van der Waals surface area (Å²) in [5.74, 6) is 0. The Kier molecular flexibility index (Phi) is 4.28. The number of benzene rings is 1. The normalized spacial score (nSPS) is 17.3. The van der Waals surface area contributed by atoms with E-state index >= 15 is 0 Å². The van der Waals surface area contributed by atoms with Gasteiger partial charge in [-0.1, -0.05) is 16.8 Å². The van der Waals surface area contributed by atoms with Crippen LogP contribution < -0.4 is 10.2 Å². The van der Waals surface area contributed by atoms with Crippen LogP contribution in [0.4, 0.5) is 11.4 Å². The van der Waals surface area contributed by atoms with Crippen molar-refractivity contribution in [1.82, 2.24) is 0 Å². The summed E-state index contributed by atoms with van der Waals surface area (Å²) in [4.78, 5) is 2.17. The van der Waals surface area contributed by atoms with Gasteiger partial charge in [-0.15, -0.1) is 0 Å². The molecule has 1 aromatic rings.